The first kappa shape index (κ1) is 20.5. The van der Waals surface area contributed by atoms with Gasteiger partial charge in [-0.3, -0.25) is 9.59 Å². The van der Waals surface area contributed by atoms with Gasteiger partial charge in [0.15, 0.2) is 5.13 Å². The molecule has 0 atom stereocenters. The Morgan fingerprint density at radius 2 is 2.11 bits per heavy atom. The molecule has 5 nitrogen and oxygen atoms in total. The van der Waals surface area contributed by atoms with E-state index in [1.807, 2.05) is 36.6 Å². The Bertz CT molecular complexity index is 954. The maximum absolute atomic E-state index is 12.1. The van der Waals surface area contributed by atoms with Crippen LogP contribution in [0.2, 0.25) is 5.02 Å². The average molecular weight is 434 g/mol. The number of carbonyl (C=O) groups excluding carboxylic acids is 2. The van der Waals surface area contributed by atoms with Gasteiger partial charge >= 0.3 is 0 Å². The second kappa shape index (κ2) is 9.82. The highest BCUT2D eigenvalue weighted by atomic mass is 35.5. The van der Waals surface area contributed by atoms with Gasteiger partial charge in [-0.25, -0.2) is 4.98 Å². The van der Waals surface area contributed by atoms with Crippen molar-refractivity contribution in [1.29, 1.82) is 0 Å². The number of hydrogen-bond donors (Lipinski definition) is 2. The van der Waals surface area contributed by atoms with Crippen LogP contribution in [-0.4, -0.2) is 23.3 Å². The van der Waals surface area contributed by atoms with Crippen LogP contribution < -0.4 is 10.6 Å². The Morgan fingerprint density at radius 3 is 2.86 bits per heavy atom. The summed E-state index contributed by atoms with van der Waals surface area (Å²) in [6, 6.07) is 9.61. The number of thiazole rings is 1. The van der Waals surface area contributed by atoms with Gasteiger partial charge in [-0.05, 0) is 42.0 Å². The van der Waals surface area contributed by atoms with E-state index >= 15 is 0 Å². The Kier molecular flexibility index (Phi) is 7.19. The molecular weight excluding hydrogens is 414 g/mol. The van der Waals surface area contributed by atoms with E-state index in [4.69, 9.17) is 11.6 Å². The maximum Gasteiger partial charge on any atom is 0.261 e. The zero-order valence-electron chi connectivity index (χ0n) is 15.3. The number of anilines is 1. The number of thiophene rings is 1. The highest BCUT2D eigenvalue weighted by Crippen LogP contribution is 2.24. The number of hydrogen-bond acceptors (Lipinski definition) is 5. The fourth-order valence-corrected chi connectivity index (χ4v) is 4.23. The van der Waals surface area contributed by atoms with Crippen LogP contribution in [0.15, 0.2) is 41.9 Å². The number of nitrogens with one attached hydrogen (secondary N) is 2. The van der Waals surface area contributed by atoms with Gasteiger partial charge in [-0.1, -0.05) is 29.8 Å². The predicted molar refractivity (Wildman–Crippen MR) is 116 cm³/mol. The Labute approximate surface area is 176 Å². The second-order valence-electron chi connectivity index (χ2n) is 6.28. The lowest BCUT2D eigenvalue weighted by Gasteiger charge is -2.04. The van der Waals surface area contributed by atoms with E-state index in [0.717, 1.165) is 27.4 Å². The fraction of sp³-hybridized carbons (Fsp3) is 0.250. The maximum atomic E-state index is 12.1. The molecule has 0 bridgehead atoms. The molecule has 0 saturated carbocycles. The molecule has 8 heteroatoms. The zero-order chi connectivity index (χ0) is 19.9. The summed E-state index contributed by atoms with van der Waals surface area (Å²) in [4.78, 5) is 29.9. The van der Waals surface area contributed by atoms with Gasteiger partial charge in [0.25, 0.3) is 5.91 Å². The molecule has 0 radical (unpaired) electrons. The summed E-state index contributed by atoms with van der Waals surface area (Å²) in [5, 5.41) is 8.82. The summed E-state index contributed by atoms with van der Waals surface area (Å²) in [6.45, 7) is 2.43. The molecule has 146 valence electrons. The van der Waals surface area contributed by atoms with E-state index in [1.165, 1.54) is 22.7 Å². The Hall–Kier alpha value is -2.22. The normalized spacial score (nSPS) is 10.6. The topological polar surface area (TPSA) is 71.1 Å². The third-order valence-electron chi connectivity index (χ3n) is 4.03. The fourth-order valence-electron chi connectivity index (χ4n) is 2.52. The predicted octanol–water partition coefficient (Wildman–Crippen LogP) is 4.91. The van der Waals surface area contributed by atoms with Crippen LogP contribution in [0.25, 0.3) is 0 Å². The van der Waals surface area contributed by atoms with Crippen molar-refractivity contribution in [2.75, 3.05) is 11.9 Å². The molecule has 0 spiro atoms. The quantitative estimate of drug-likeness (QED) is 0.496. The highest BCUT2D eigenvalue weighted by Gasteiger charge is 2.09. The minimum absolute atomic E-state index is 0.101. The zero-order valence-corrected chi connectivity index (χ0v) is 17.7. The van der Waals surface area contributed by atoms with Crippen LogP contribution in [0.4, 0.5) is 5.13 Å². The number of benzene rings is 1. The summed E-state index contributed by atoms with van der Waals surface area (Å²) in [6.07, 6.45) is 3.40. The number of carbonyl (C=O) groups is 2. The van der Waals surface area contributed by atoms with Crippen molar-refractivity contribution < 1.29 is 9.59 Å². The molecule has 0 fully saturated rings. The van der Waals surface area contributed by atoms with Crippen LogP contribution in [-0.2, 0) is 11.2 Å². The van der Waals surface area contributed by atoms with Crippen molar-refractivity contribution in [1.82, 2.24) is 10.3 Å². The van der Waals surface area contributed by atoms with E-state index in [-0.39, 0.29) is 11.8 Å². The van der Waals surface area contributed by atoms with Crippen molar-refractivity contribution in [3.05, 3.63) is 67.8 Å². The molecule has 0 saturated heterocycles. The van der Waals surface area contributed by atoms with Gasteiger partial charge in [0, 0.05) is 35.5 Å². The average Bonchev–Trinajstić information content (AvgIpc) is 3.34. The summed E-state index contributed by atoms with van der Waals surface area (Å²) in [7, 11) is 0. The van der Waals surface area contributed by atoms with Crippen LogP contribution in [0.5, 0.6) is 0 Å². The van der Waals surface area contributed by atoms with Gasteiger partial charge < -0.3 is 10.6 Å². The number of halogens is 1. The SMILES string of the molecule is Cc1ccc(Cc2cnc(NC(=O)CCCNC(=O)c3cccs3)s2)cc1Cl. The van der Waals surface area contributed by atoms with Crippen LogP contribution in [0.1, 0.15) is 38.5 Å². The van der Waals surface area contributed by atoms with Crippen molar-refractivity contribution in [2.24, 2.45) is 0 Å². The summed E-state index contributed by atoms with van der Waals surface area (Å²) >= 11 is 9.02. The standard InChI is InChI=1S/C20H20ClN3O2S2/c1-13-6-7-14(11-16(13)21)10-15-12-23-20(28-15)24-18(25)5-2-8-22-19(26)17-4-3-9-27-17/h3-4,6-7,9,11-12H,2,5,8,10H2,1H3,(H,22,26)(H,23,24,25). The van der Waals surface area contributed by atoms with Gasteiger partial charge in [0.1, 0.15) is 0 Å². The van der Waals surface area contributed by atoms with E-state index in [2.05, 4.69) is 15.6 Å². The van der Waals surface area contributed by atoms with E-state index in [9.17, 15) is 9.59 Å². The first-order chi connectivity index (χ1) is 13.5. The molecular formula is C20H20ClN3O2S2. The van der Waals surface area contributed by atoms with Crippen LogP contribution in [0.3, 0.4) is 0 Å². The smallest absolute Gasteiger partial charge is 0.261 e. The van der Waals surface area contributed by atoms with Crippen LogP contribution in [0, 0.1) is 6.92 Å². The molecule has 2 heterocycles. The van der Waals surface area contributed by atoms with E-state index < -0.39 is 0 Å². The number of rotatable bonds is 8. The lowest BCUT2D eigenvalue weighted by molar-refractivity contribution is -0.116. The van der Waals surface area contributed by atoms with E-state index in [1.54, 1.807) is 12.3 Å². The number of amides is 2. The Balaban J connectivity index is 1.41. The molecule has 28 heavy (non-hydrogen) atoms. The van der Waals surface area contributed by atoms with E-state index in [0.29, 0.717) is 29.4 Å². The number of aromatic nitrogens is 1. The summed E-state index contributed by atoms with van der Waals surface area (Å²) in [5.74, 6) is -0.208. The molecule has 0 aliphatic heterocycles. The van der Waals surface area contributed by atoms with Crippen molar-refractivity contribution in [3.63, 3.8) is 0 Å². The largest absolute Gasteiger partial charge is 0.351 e. The lowest BCUT2D eigenvalue weighted by Crippen LogP contribution is -2.24. The minimum atomic E-state index is -0.107. The molecule has 3 aromatic rings. The van der Waals surface area contributed by atoms with Crippen molar-refractivity contribution >= 4 is 51.2 Å². The first-order valence-electron chi connectivity index (χ1n) is 8.82. The second-order valence-corrected chi connectivity index (χ2v) is 8.75. The van der Waals surface area contributed by atoms with Gasteiger partial charge in [-0.15, -0.1) is 22.7 Å². The van der Waals surface area contributed by atoms with Crippen LogP contribution >= 0.6 is 34.3 Å². The van der Waals surface area contributed by atoms with Gasteiger partial charge in [-0.2, -0.15) is 0 Å². The minimum Gasteiger partial charge on any atom is -0.351 e. The number of aryl methyl sites for hydroxylation is 1. The first-order valence-corrected chi connectivity index (χ1v) is 10.9. The molecule has 3 rings (SSSR count). The van der Waals surface area contributed by atoms with Gasteiger partial charge in [0.2, 0.25) is 5.91 Å². The molecule has 2 N–H and O–H groups in total. The molecule has 2 aromatic heterocycles. The molecule has 1 aromatic carbocycles. The monoisotopic (exact) mass is 433 g/mol. The third kappa shape index (κ3) is 5.89. The molecule has 0 aliphatic rings. The molecule has 0 unspecified atom stereocenters. The van der Waals surface area contributed by atoms with Crippen molar-refractivity contribution in [3.8, 4) is 0 Å². The lowest BCUT2D eigenvalue weighted by atomic mass is 10.1. The summed E-state index contributed by atoms with van der Waals surface area (Å²) in [5.41, 5.74) is 2.16. The Morgan fingerprint density at radius 1 is 1.25 bits per heavy atom. The third-order valence-corrected chi connectivity index (χ3v) is 6.21. The number of nitrogens with zero attached hydrogens (tertiary/aromatic N) is 1. The molecule has 2 amide bonds. The molecule has 0 aliphatic carbocycles. The van der Waals surface area contributed by atoms with Crippen molar-refractivity contribution in [2.45, 2.75) is 26.2 Å². The summed E-state index contributed by atoms with van der Waals surface area (Å²) < 4.78 is 0. The van der Waals surface area contributed by atoms with Gasteiger partial charge in [0.05, 0.1) is 4.88 Å². The highest BCUT2D eigenvalue weighted by molar-refractivity contribution is 7.15.